The van der Waals surface area contributed by atoms with Crippen molar-refractivity contribution < 1.29 is 4.79 Å². The van der Waals surface area contributed by atoms with Crippen molar-refractivity contribution in [1.82, 2.24) is 14.5 Å². The van der Waals surface area contributed by atoms with Gasteiger partial charge in [0.2, 0.25) is 5.91 Å². The van der Waals surface area contributed by atoms with Gasteiger partial charge in [0.05, 0.1) is 41.8 Å². The highest BCUT2D eigenvalue weighted by Crippen LogP contribution is 2.30. The third-order valence-corrected chi connectivity index (χ3v) is 7.20. The lowest BCUT2D eigenvalue weighted by Crippen LogP contribution is -2.34. The SMILES string of the molecule is Cc1sc2nc(SCC(=O)N(CCC#N)CCC#N)n(-c3ccc(Cl)cc3)c(=O)c2c1C. The summed E-state index contributed by atoms with van der Waals surface area (Å²) in [5.74, 6) is -0.179. The molecule has 0 radical (unpaired) electrons. The van der Waals surface area contributed by atoms with Gasteiger partial charge in [0.1, 0.15) is 4.83 Å². The van der Waals surface area contributed by atoms with Crippen LogP contribution in [0.5, 0.6) is 0 Å². The number of fused-ring (bicyclic) bond motifs is 1. The number of halogens is 1. The van der Waals surface area contributed by atoms with Crippen molar-refractivity contribution in [2.24, 2.45) is 0 Å². The van der Waals surface area contributed by atoms with E-state index < -0.39 is 0 Å². The van der Waals surface area contributed by atoms with Gasteiger partial charge in [-0.25, -0.2) is 4.98 Å². The Balaban J connectivity index is 1.99. The number of aryl methyl sites for hydroxylation is 2. The molecule has 2 aromatic heterocycles. The molecule has 0 fully saturated rings. The maximum absolute atomic E-state index is 13.4. The quantitative estimate of drug-likeness (QED) is 0.344. The molecule has 0 aliphatic carbocycles. The zero-order valence-corrected chi connectivity index (χ0v) is 20.0. The van der Waals surface area contributed by atoms with Crippen LogP contribution in [0.3, 0.4) is 0 Å². The summed E-state index contributed by atoms with van der Waals surface area (Å²) in [6.45, 7) is 4.38. The molecule has 2 heterocycles. The zero-order chi connectivity index (χ0) is 23.3. The molecule has 32 heavy (non-hydrogen) atoms. The molecule has 0 N–H and O–H groups in total. The molecule has 0 bridgehead atoms. The molecule has 0 aliphatic heterocycles. The van der Waals surface area contributed by atoms with Crippen molar-refractivity contribution >= 4 is 50.8 Å². The molecule has 0 aliphatic rings. The Morgan fingerprint density at radius 2 is 1.81 bits per heavy atom. The van der Waals surface area contributed by atoms with Crippen molar-refractivity contribution in [1.29, 1.82) is 10.5 Å². The van der Waals surface area contributed by atoms with Gasteiger partial charge in [0.15, 0.2) is 5.16 Å². The van der Waals surface area contributed by atoms with E-state index in [0.717, 1.165) is 22.2 Å². The summed E-state index contributed by atoms with van der Waals surface area (Å²) in [7, 11) is 0. The van der Waals surface area contributed by atoms with Crippen LogP contribution in [-0.2, 0) is 4.79 Å². The Morgan fingerprint density at radius 1 is 1.19 bits per heavy atom. The minimum Gasteiger partial charge on any atom is -0.340 e. The Labute approximate surface area is 198 Å². The number of carbonyl (C=O) groups is 1. The highest BCUT2D eigenvalue weighted by molar-refractivity contribution is 7.99. The van der Waals surface area contributed by atoms with E-state index in [4.69, 9.17) is 27.1 Å². The number of amides is 1. The maximum Gasteiger partial charge on any atom is 0.267 e. The summed E-state index contributed by atoms with van der Waals surface area (Å²) in [5, 5.41) is 19.2. The van der Waals surface area contributed by atoms with Gasteiger partial charge in [-0.2, -0.15) is 10.5 Å². The summed E-state index contributed by atoms with van der Waals surface area (Å²) in [5.41, 5.74) is 1.31. The summed E-state index contributed by atoms with van der Waals surface area (Å²) in [6, 6.07) is 10.9. The number of hydrogen-bond acceptors (Lipinski definition) is 7. The van der Waals surface area contributed by atoms with Crippen LogP contribution in [-0.4, -0.2) is 39.2 Å². The van der Waals surface area contributed by atoms with E-state index in [-0.39, 0.29) is 43.2 Å². The first-order chi connectivity index (χ1) is 15.4. The predicted molar refractivity (Wildman–Crippen MR) is 127 cm³/mol. The molecule has 0 atom stereocenters. The van der Waals surface area contributed by atoms with Crippen molar-refractivity contribution in [2.75, 3.05) is 18.8 Å². The maximum atomic E-state index is 13.4. The number of carbonyl (C=O) groups excluding carboxylic acids is 1. The van der Waals surface area contributed by atoms with E-state index in [1.807, 2.05) is 26.0 Å². The fourth-order valence-corrected chi connectivity index (χ4v) is 5.25. The van der Waals surface area contributed by atoms with Gasteiger partial charge in [-0.05, 0) is 43.7 Å². The van der Waals surface area contributed by atoms with E-state index in [1.165, 1.54) is 20.8 Å². The van der Waals surface area contributed by atoms with Crippen LogP contribution < -0.4 is 5.56 Å². The second-order valence-corrected chi connectivity index (χ2v) is 9.54. The van der Waals surface area contributed by atoms with Gasteiger partial charge in [-0.1, -0.05) is 23.4 Å². The molecular weight excluding hydrogens is 466 g/mol. The second kappa shape index (κ2) is 10.6. The summed E-state index contributed by atoms with van der Waals surface area (Å²) in [6.07, 6.45) is 0.380. The largest absolute Gasteiger partial charge is 0.340 e. The van der Waals surface area contributed by atoms with Crippen LogP contribution in [0.2, 0.25) is 5.02 Å². The Hall–Kier alpha value is -2.85. The summed E-state index contributed by atoms with van der Waals surface area (Å²) < 4.78 is 1.50. The highest BCUT2D eigenvalue weighted by Gasteiger charge is 2.20. The first kappa shape index (κ1) is 23.8. The Morgan fingerprint density at radius 3 is 2.41 bits per heavy atom. The van der Waals surface area contributed by atoms with Crippen LogP contribution in [0, 0.1) is 36.5 Å². The van der Waals surface area contributed by atoms with Gasteiger partial charge >= 0.3 is 0 Å². The summed E-state index contributed by atoms with van der Waals surface area (Å²) in [4.78, 5) is 34.1. The van der Waals surface area contributed by atoms with E-state index in [9.17, 15) is 9.59 Å². The minimum atomic E-state index is -0.212. The lowest BCUT2D eigenvalue weighted by Gasteiger charge is -2.20. The molecule has 164 valence electrons. The van der Waals surface area contributed by atoms with Crippen LogP contribution in [0.25, 0.3) is 15.9 Å². The van der Waals surface area contributed by atoms with Gasteiger partial charge in [-0.3, -0.25) is 14.2 Å². The fourth-order valence-electron chi connectivity index (χ4n) is 3.14. The fraction of sp³-hybridized carbons (Fsp3) is 0.318. The number of thiophene rings is 1. The number of nitriles is 2. The van der Waals surface area contributed by atoms with Gasteiger partial charge in [0.25, 0.3) is 5.56 Å². The normalized spacial score (nSPS) is 10.7. The van der Waals surface area contributed by atoms with E-state index in [2.05, 4.69) is 0 Å². The average Bonchev–Trinajstić information content (AvgIpc) is 3.06. The second-order valence-electron chi connectivity index (χ2n) is 6.96. The van der Waals surface area contributed by atoms with Gasteiger partial charge < -0.3 is 4.90 Å². The lowest BCUT2D eigenvalue weighted by molar-refractivity contribution is -0.128. The smallest absolute Gasteiger partial charge is 0.267 e. The standard InChI is InChI=1S/C22H20ClN5O2S2/c1-14-15(2)32-20-19(14)21(30)28(17-7-5-16(23)6-8-17)22(26-20)31-13-18(29)27(11-3-9-24)12-4-10-25/h5-8H,3-4,11-13H2,1-2H3. The van der Waals surface area contributed by atoms with Crippen molar-refractivity contribution in [3.8, 4) is 17.8 Å². The number of nitrogens with zero attached hydrogens (tertiary/aromatic N) is 5. The van der Waals surface area contributed by atoms with Gasteiger partial charge in [0, 0.05) is 23.0 Å². The average molecular weight is 486 g/mol. The van der Waals surface area contributed by atoms with Crippen LogP contribution >= 0.6 is 34.7 Å². The molecule has 0 spiro atoms. The number of rotatable bonds is 8. The van der Waals surface area contributed by atoms with Crippen molar-refractivity contribution in [2.45, 2.75) is 31.8 Å². The van der Waals surface area contributed by atoms with Crippen LogP contribution in [0.4, 0.5) is 0 Å². The molecule has 0 saturated carbocycles. The molecule has 10 heteroatoms. The molecule has 3 aromatic rings. The third kappa shape index (κ3) is 5.13. The molecule has 7 nitrogen and oxygen atoms in total. The summed E-state index contributed by atoms with van der Waals surface area (Å²) >= 11 is 8.63. The minimum absolute atomic E-state index is 0.0335. The van der Waals surface area contributed by atoms with E-state index >= 15 is 0 Å². The molecule has 1 amide bonds. The molecule has 1 aromatic carbocycles. The molecular formula is C22H20ClN5O2S2. The van der Waals surface area contributed by atoms with E-state index in [0.29, 0.717) is 26.1 Å². The first-order valence-corrected chi connectivity index (χ1v) is 12.0. The number of benzene rings is 1. The highest BCUT2D eigenvalue weighted by atomic mass is 35.5. The predicted octanol–water partition coefficient (Wildman–Crippen LogP) is 4.47. The van der Waals surface area contributed by atoms with Crippen molar-refractivity contribution in [3.63, 3.8) is 0 Å². The van der Waals surface area contributed by atoms with E-state index in [1.54, 1.807) is 24.3 Å². The van der Waals surface area contributed by atoms with Gasteiger partial charge in [-0.15, -0.1) is 11.3 Å². The Bertz CT molecular complexity index is 1270. The Kier molecular flexibility index (Phi) is 7.92. The first-order valence-electron chi connectivity index (χ1n) is 9.80. The molecule has 0 unspecified atom stereocenters. The monoisotopic (exact) mass is 485 g/mol. The van der Waals surface area contributed by atoms with Crippen LogP contribution in [0.15, 0.2) is 34.2 Å². The van der Waals surface area contributed by atoms with Crippen LogP contribution in [0.1, 0.15) is 23.3 Å². The number of thioether (sulfide) groups is 1. The topological polar surface area (TPSA) is 103 Å². The zero-order valence-electron chi connectivity index (χ0n) is 17.6. The lowest BCUT2D eigenvalue weighted by atomic mass is 10.2. The third-order valence-electron chi connectivity index (χ3n) is 4.92. The van der Waals surface area contributed by atoms with Crippen molar-refractivity contribution in [3.05, 3.63) is 50.1 Å². The molecule has 3 rings (SSSR count). The molecule has 0 saturated heterocycles. The number of hydrogen-bond donors (Lipinski definition) is 0. The number of aromatic nitrogens is 2.